The summed E-state index contributed by atoms with van der Waals surface area (Å²) in [6, 6.07) is 6.45. The lowest BCUT2D eigenvalue weighted by atomic mass is 10.2. The number of hydrogen-bond donors (Lipinski definition) is 1. The summed E-state index contributed by atoms with van der Waals surface area (Å²) >= 11 is 11.9. The summed E-state index contributed by atoms with van der Waals surface area (Å²) in [5.41, 5.74) is 0.297. The number of rotatable bonds is 3. The normalized spacial score (nSPS) is 14.6. The van der Waals surface area contributed by atoms with Crippen LogP contribution in [0.1, 0.15) is 10.4 Å². The van der Waals surface area contributed by atoms with Crippen LogP contribution in [0.5, 0.6) is 0 Å². The van der Waals surface area contributed by atoms with E-state index < -0.39 is 0 Å². The third-order valence-corrected chi connectivity index (χ3v) is 3.97. The van der Waals surface area contributed by atoms with Gasteiger partial charge in [0.1, 0.15) is 18.0 Å². The van der Waals surface area contributed by atoms with Crippen LogP contribution in [0.3, 0.4) is 0 Å². The van der Waals surface area contributed by atoms with Crippen LogP contribution in [0.4, 0.5) is 11.6 Å². The fourth-order valence-electron chi connectivity index (χ4n) is 2.24. The average molecular weight is 353 g/mol. The van der Waals surface area contributed by atoms with Crippen LogP contribution in [-0.2, 0) is 4.74 Å². The molecule has 0 bridgehead atoms. The molecule has 2 aromatic rings. The van der Waals surface area contributed by atoms with Crippen molar-refractivity contribution in [3.05, 3.63) is 46.2 Å². The Morgan fingerprint density at radius 3 is 2.74 bits per heavy atom. The number of halogens is 2. The summed E-state index contributed by atoms with van der Waals surface area (Å²) in [4.78, 5) is 22.7. The molecule has 0 unspecified atom stereocenters. The van der Waals surface area contributed by atoms with Gasteiger partial charge in [-0.1, -0.05) is 23.2 Å². The number of nitrogens with one attached hydrogen (secondary N) is 1. The lowest BCUT2D eigenvalue weighted by Crippen LogP contribution is -2.36. The molecule has 0 saturated carbocycles. The van der Waals surface area contributed by atoms with Crippen molar-refractivity contribution in [2.45, 2.75) is 0 Å². The molecule has 120 valence electrons. The second-order valence-electron chi connectivity index (χ2n) is 4.94. The Morgan fingerprint density at radius 1 is 1.17 bits per heavy atom. The first-order chi connectivity index (χ1) is 11.1. The van der Waals surface area contributed by atoms with E-state index in [0.717, 1.165) is 18.9 Å². The van der Waals surface area contributed by atoms with E-state index in [1.165, 1.54) is 12.4 Å². The molecule has 0 spiro atoms. The van der Waals surface area contributed by atoms with Gasteiger partial charge in [0.25, 0.3) is 5.91 Å². The fourth-order valence-corrected chi connectivity index (χ4v) is 2.61. The minimum atomic E-state index is -0.371. The van der Waals surface area contributed by atoms with Gasteiger partial charge >= 0.3 is 0 Å². The average Bonchev–Trinajstić information content (AvgIpc) is 2.58. The molecule has 23 heavy (non-hydrogen) atoms. The number of amides is 1. The first-order valence-electron chi connectivity index (χ1n) is 7.04. The Kier molecular flexibility index (Phi) is 4.95. The molecule has 1 N–H and O–H groups in total. The standard InChI is InChI=1S/C15H14Cl2N4O2/c16-10-1-2-12(17)11(7-10)15(22)20-13-8-14(19-9-18-13)21-3-5-23-6-4-21/h1-2,7-9H,3-6H2,(H,18,19,20,22). The number of hydrogen-bond acceptors (Lipinski definition) is 5. The molecule has 1 saturated heterocycles. The predicted molar refractivity (Wildman–Crippen MR) is 89.5 cm³/mol. The number of carbonyl (C=O) groups is 1. The molecule has 0 aliphatic carbocycles. The van der Waals surface area contributed by atoms with Crippen molar-refractivity contribution in [1.82, 2.24) is 9.97 Å². The molecule has 1 amide bonds. The zero-order valence-corrected chi connectivity index (χ0v) is 13.6. The third-order valence-electron chi connectivity index (χ3n) is 3.40. The molecule has 0 radical (unpaired) electrons. The van der Waals surface area contributed by atoms with Gasteiger partial charge in [0, 0.05) is 24.2 Å². The van der Waals surface area contributed by atoms with E-state index in [4.69, 9.17) is 27.9 Å². The molecule has 6 nitrogen and oxygen atoms in total. The lowest BCUT2D eigenvalue weighted by Gasteiger charge is -2.27. The van der Waals surface area contributed by atoms with Crippen molar-refractivity contribution < 1.29 is 9.53 Å². The zero-order valence-electron chi connectivity index (χ0n) is 12.1. The molecule has 0 atom stereocenters. The van der Waals surface area contributed by atoms with Crippen LogP contribution in [0.2, 0.25) is 10.0 Å². The third kappa shape index (κ3) is 3.90. The van der Waals surface area contributed by atoms with Gasteiger partial charge < -0.3 is 15.0 Å². The topological polar surface area (TPSA) is 67.4 Å². The lowest BCUT2D eigenvalue weighted by molar-refractivity contribution is 0.102. The van der Waals surface area contributed by atoms with Crippen LogP contribution in [-0.4, -0.2) is 42.2 Å². The maximum Gasteiger partial charge on any atom is 0.258 e. The van der Waals surface area contributed by atoms with Crippen molar-refractivity contribution in [2.75, 3.05) is 36.5 Å². The Bertz CT molecular complexity index is 720. The van der Waals surface area contributed by atoms with Gasteiger partial charge in [-0.05, 0) is 18.2 Å². The van der Waals surface area contributed by atoms with E-state index in [2.05, 4.69) is 20.2 Å². The Labute approximate surface area is 143 Å². The highest BCUT2D eigenvalue weighted by atomic mass is 35.5. The number of nitrogens with zero attached hydrogens (tertiary/aromatic N) is 3. The Hall–Kier alpha value is -1.89. The highest BCUT2D eigenvalue weighted by molar-refractivity contribution is 6.36. The highest BCUT2D eigenvalue weighted by Crippen LogP contribution is 2.22. The number of benzene rings is 1. The van der Waals surface area contributed by atoms with Crippen LogP contribution in [0.15, 0.2) is 30.6 Å². The molecule has 1 aromatic heterocycles. The molecule has 2 heterocycles. The number of aromatic nitrogens is 2. The first kappa shape index (κ1) is 16.0. The summed E-state index contributed by atoms with van der Waals surface area (Å²) in [7, 11) is 0. The van der Waals surface area contributed by atoms with Gasteiger partial charge in [-0.3, -0.25) is 4.79 Å². The van der Waals surface area contributed by atoms with Crippen molar-refractivity contribution in [3.8, 4) is 0 Å². The van der Waals surface area contributed by atoms with Gasteiger partial charge in [-0.2, -0.15) is 0 Å². The maximum absolute atomic E-state index is 12.3. The summed E-state index contributed by atoms with van der Waals surface area (Å²) in [5, 5.41) is 3.48. The van der Waals surface area contributed by atoms with Crippen LogP contribution >= 0.6 is 23.2 Å². The summed E-state index contributed by atoms with van der Waals surface area (Å²) in [6.45, 7) is 2.82. The smallest absolute Gasteiger partial charge is 0.258 e. The van der Waals surface area contributed by atoms with E-state index in [9.17, 15) is 4.79 Å². The molecular weight excluding hydrogens is 339 g/mol. The van der Waals surface area contributed by atoms with E-state index in [-0.39, 0.29) is 5.91 Å². The number of ether oxygens (including phenoxy) is 1. The second-order valence-corrected chi connectivity index (χ2v) is 5.78. The Morgan fingerprint density at radius 2 is 1.96 bits per heavy atom. The summed E-state index contributed by atoms with van der Waals surface area (Å²) in [6.07, 6.45) is 1.42. The van der Waals surface area contributed by atoms with Gasteiger partial charge in [-0.15, -0.1) is 0 Å². The van der Waals surface area contributed by atoms with E-state index in [0.29, 0.717) is 34.6 Å². The van der Waals surface area contributed by atoms with Gasteiger partial charge in [0.05, 0.1) is 23.8 Å². The number of anilines is 2. The van der Waals surface area contributed by atoms with Crippen LogP contribution < -0.4 is 10.2 Å². The summed E-state index contributed by atoms with van der Waals surface area (Å²) in [5.74, 6) is 0.780. The predicted octanol–water partition coefficient (Wildman–Crippen LogP) is 2.87. The Balaban J connectivity index is 1.77. The minimum absolute atomic E-state index is 0.297. The van der Waals surface area contributed by atoms with Crippen molar-refractivity contribution in [2.24, 2.45) is 0 Å². The molecule has 1 aliphatic rings. The maximum atomic E-state index is 12.3. The second kappa shape index (κ2) is 7.12. The summed E-state index contributed by atoms with van der Waals surface area (Å²) < 4.78 is 5.32. The quantitative estimate of drug-likeness (QED) is 0.919. The van der Waals surface area contributed by atoms with E-state index in [1.807, 2.05) is 0 Å². The zero-order chi connectivity index (χ0) is 16.2. The number of carbonyl (C=O) groups excluding carboxylic acids is 1. The molecule has 3 rings (SSSR count). The largest absolute Gasteiger partial charge is 0.378 e. The monoisotopic (exact) mass is 352 g/mol. The van der Waals surface area contributed by atoms with E-state index >= 15 is 0 Å². The SMILES string of the molecule is O=C(Nc1cc(N2CCOCC2)ncn1)c1cc(Cl)ccc1Cl. The molecular formula is C15H14Cl2N4O2. The highest BCUT2D eigenvalue weighted by Gasteiger charge is 2.15. The van der Waals surface area contributed by atoms with Crippen molar-refractivity contribution >= 4 is 40.7 Å². The van der Waals surface area contributed by atoms with Gasteiger partial charge in [0.2, 0.25) is 0 Å². The van der Waals surface area contributed by atoms with Crippen LogP contribution in [0, 0.1) is 0 Å². The molecule has 1 aromatic carbocycles. The van der Waals surface area contributed by atoms with Gasteiger partial charge in [0.15, 0.2) is 0 Å². The van der Waals surface area contributed by atoms with E-state index in [1.54, 1.807) is 18.2 Å². The van der Waals surface area contributed by atoms with Crippen molar-refractivity contribution in [1.29, 1.82) is 0 Å². The van der Waals surface area contributed by atoms with Gasteiger partial charge in [-0.25, -0.2) is 9.97 Å². The number of morpholine rings is 1. The molecule has 1 fully saturated rings. The van der Waals surface area contributed by atoms with Crippen LogP contribution in [0.25, 0.3) is 0 Å². The minimum Gasteiger partial charge on any atom is -0.378 e. The molecule has 8 heteroatoms. The van der Waals surface area contributed by atoms with Crippen molar-refractivity contribution in [3.63, 3.8) is 0 Å². The molecule has 1 aliphatic heterocycles. The fraction of sp³-hybridized carbons (Fsp3) is 0.267. The first-order valence-corrected chi connectivity index (χ1v) is 7.80.